The molecule has 2 aromatic heterocycles. The molecule has 1 aliphatic rings. The molecular formula is C47H41N5O8. The average Bonchev–Trinajstić information content (AvgIpc) is 3.86. The minimum absolute atomic E-state index is 0.0190. The number of fused-ring (bicyclic) bond motifs is 1. The quantitative estimate of drug-likeness (QED) is 0.0911. The van der Waals surface area contributed by atoms with Crippen LogP contribution in [0.2, 0.25) is 0 Å². The number of esters is 2. The summed E-state index contributed by atoms with van der Waals surface area (Å²) >= 11 is 0. The van der Waals surface area contributed by atoms with Crippen molar-refractivity contribution < 1.29 is 33.3 Å². The first-order chi connectivity index (χ1) is 29.2. The van der Waals surface area contributed by atoms with Crippen molar-refractivity contribution >= 4 is 35.0 Å². The van der Waals surface area contributed by atoms with Gasteiger partial charge < -0.3 is 18.9 Å². The van der Waals surface area contributed by atoms with E-state index in [-0.39, 0.29) is 40.8 Å². The fourth-order valence-corrected chi connectivity index (χ4v) is 7.27. The number of nitrogens with one attached hydrogen (secondary N) is 2. The van der Waals surface area contributed by atoms with Crippen molar-refractivity contribution in [3.05, 3.63) is 196 Å². The van der Waals surface area contributed by atoms with E-state index in [0.717, 1.165) is 16.7 Å². The molecule has 0 radical (unpaired) electrons. The van der Waals surface area contributed by atoms with Crippen molar-refractivity contribution in [3.8, 4) is 0 Å². The fourth-order valence-electron chi connectivity index (χ4n) is 7.27. The lowest BCUT2D eigenvalue weighted by Crippen LogP contribution is -2.43. The predicted molar refractivity (Wildman–Crippen MR) is 222 cm³/mol. The highest BCUT2D eigenvalue weighted by molar-refractivity contribution is 5.91. The largest absolute Gasteiger partial charge is 0.452 e. The molecule has 0 saturated carbocycles. The van der Waals surface area contributed by atoms with Crippen molar-refractivity contribution in [2.75, 3.05) is 11.9 Å². The van der Waals surface area contributed by atoms with Gasteiger partial charge in [-0.2, -0.15) is 4.98 Å². The first-order valence-corrected chi connectivity index (χ1v) is 19.5. The maximum absolute atomic E-state index is 14.0. The zero-order chi connectivity index (χ0) is 41.6. The highest BCUT2D eigenvalue weighted by Crippen LogP contribution is 2.43. The van der Waals surface area contributed by atoms with Gasteiger partial charge in [-0.15, -0.1) is 0 Å². The van der Waals surface area contributed by atoms with Crippen LogP contribution in [0.4, 0.5) is 5.95 Å². The lowest BCUT2D eigenvalue weighted by Gasteiger charge is -2.37. The molecule has 7 aromatic rings. The Labute approximate surface area is 345 Å². The molecule has 1 aliphatic heterocycles. The Hall–Kier alpha value is -7.22. The molecule has 5 aromatic carbocycles. The highest BCUT2D eigenvalue weighted by atomic mass is 16.7. The molecule has 2 N–H and O–H groups in total. The van der Waals surface area contributed by atoms with Crippen LogP contribution in [0.1, 0.15) is 57.5 Å². The normalized spacial score (nSPS) is 17.6. The van der Waals surface area contributed by atoms with Crippen molar-refractivity contribution in [2.45, 2.75) is 44.0 Å². The second-order valence-electron chi connectivity index (χ2n) is 14.5. The average molecular weight is 804 g/mol. The van der Waals surface area contributed by atoms with Crippen LogP contribution in [0.15, 0.2) is 163 Å². The van der Waals surface area contributed by atoms with Gasteiger partial charge in [0.25, 0.3) is 5.56 Å². The van der Waals surface area contributed by atoms with Crippen LogP contribution in [0.25, 0.3) is 11.2 Å². The Balaban J connectivity index is 1.26. The van der Waals surface area contributed by atoms with Crippen LogP contribution in [0.5, 0.6) is 0 Å². The van der Waals surface area contributed by atoms with Gasteiger partial charge in [-0.1, -0.05) is 141 Å². The molecule has 13 heteroatoms. The van der Waals surface area contributed by atoms with E-state index < -0.39 is 53.6 Å². The number of imidazole rings is 1. The molecule has 13 nitrogen and oxygen atoms in total. The summed E-state index contributed by atoms with van der Waals surface area (Å²) in [7, 11) is 0. The second kappa shape index (κ2) is 17.3. The molecule has 60 heavy (non-hydrogen) atoms. The number of carbonyl (C=O) groups excluding carboxylic acids is 3. The number of ether oxygens (including phenoxy) is 4. The van der Waals surface area contributed by atoms with Gasteiger partial charge in [0, 0.05) is 5.92 Å². The van der Waals surface area contributed by atoms with E-state index in [9.17, 15) is 19.2 Å². The smallest absolute Gasteiger partial charge is 0.338 e. The van der Waals surface area contributed by atoms with Crippen LogP contribution in [0, 0.1) is 5.92 Å². The van der Waals surface area contributed by atoms with Crippen LogP contribution < -0.4 is 10.9 Å². The molecule has 1 amide bonds. The molecular weight excluding hydrogens is 763 g/mol. The van der Waals surface area contributed by atoms with Gasteiger partial charge in [-0.3, -0.25) is 24.5 Å². The zero-order valence-corrected chi connectivity index (χ0v) is 32.7. The molecule has 3 heterocycles. The van der Waals surface area contributed by atoms with Gasteiger partial charge in [0.05, 0.1) is 24.1 Å². The number of carbonyl (C=O) groups is 3. The summed E-state index contributed by atoms with van der Waals surface area (Å²) in [5.41, 5.74) is 1.09. The van der Waals surface area contributed by atoms with Gasteiger partial charge in [-0.05, 0) is 41.0 Å². The van der Waals surface area contributed by atoms with Crippen molar-refractivity contribution in [3.63, 3.8) is 0 Å². The van der Waals surface area contributed by atoms with E-state index in [4.69, 9.17) is 18.9 Å². The van der Waals surface area contributed by atoms with Crippen LogP contribution in [-0.2, 0) is 29.3 Å². The molecule has 0 aliphatic carbocycles. The predicted octanol–water partition coefficient (Wildman–Crippen LogP) is 7.07. The third kappa shape index (κ3) is 7.95. The fraction of sp³-hybridized carbons (Fsp3) is 0.191. The Morgan fingerprint density at radius 1 is 0.717 bits per heavy atom. The van der Waals surface area contributed by atoms with E-state index in [2.05, 4.69) is 20.3 Å². The Kier molecular flexibility index (Phi) is 11.4. The number of hydrogen-bond acceptors (Lipinski definition) is 10. The van der Waals surface area contributed by atoms with Gasteiger partial charge in [-0.25, -0.2) is 14.6 Å². The number of H-pyrrole nitrogens is 1. The lowest BCUT2D eigenvalue weighted by atomic mass is 9.80. The maximum Gasteiger partial charge on any atom is 0.338 e. The molecule has 0 spiro atoms. The van der Waals surface area contributed by atoms with Crippen LogP contribution >= 0.6 is 0 Å². The SMILES string of the molecule is CC(C)C(=O)Nc1nc2c(ncn2[C@@H]2O[C@H](COC(c3ccccc3)(c3ccccc3)c3ccccc3)[C@@H](OC(=O)c3ccccc3)[C@H]2OC(=O)c2ccccc2)c(=O)[nH]1. The summed E-state index contributed by atoms with van der Waals surface area (Å²) in [6, 6.07) is 46.0. The highest BCUT2D eigenvalue weighted by Gasteiger charge is 2.52. The van der Waals surface area contributed by atoms with E-state index in [1.807, 2.05) is 91.0 Å². The van der Waals surface area contributed by atoms with Gasteiger partial charge in [0.1, 0.15) is 11.7 Å². The van der Waals surface area contributed by atoms with Gasteiger partial charge in [0.15, 0.2) is 29.6 Å². The second-order valence-corrected chi connectivity index (χ2v) is 14.5. The van der Waals surface area contributed by atoms with Crippen molar-refractivity contribution in [2.24, 2.45) is 5.92 Å². The molecule has 1 fully saturated rings. The molecule has 8 rings (SSSR count). The van der Waals surface area contributed by atoms with Crippen LogP contribution in [-0.4, -0.2) is 62.3 Å². The summed E-state index contributed by atoms with van der Waals surface area (Å²) in [5, 5.41) is 2.63. The van der Waals surface area contributed by atoms with E-state index in [1.165, 1.54) is 10.9 Å². The first-order valence-electron chi connectivity index (χ1n) is 19.5. The zero-order valence-electron chi connectivity index (χ0n) is 32.7. The van der Waals surface area contributed by atoms with Crippen LogP contribution in [0.3, 0.4) is 0 Å². The third-order valence-electron chi connectivity index (χ3n) is 10.3. The molecule has 4 atom stereocenters. The van der Waals surface area contributed by atoms with E-state index in [0.29, 0.717) is 0 Å². The molecule has 0 bridgehead atoms. The molecule has 302 valence electrons. The third-order valence-corrected chi connectivity index (χ3v) is 10.3. The Bertz CT molecular complexity index is 2540. The standard InChI is InChI=1S/C47H41N5O8/c1-30(2)41(53)50-46-49-40-37(42(54)51-46)48-29-52(40)43-39(60-45(56)32-20-10-4-11-21-32)38(59-44(55)31-18-8-3-9-19-31)36(58-43)28-57-47(33-22-12-5-13-23-33,34-24-14-6-15-25-34)35-26-16-7-17-27-35/h3-27,29-30,36,38-39,43H,28H2,1-2H3,(H2,49,50,51,53,54)/t36-,38-,39-,43-/m1/s1. The monoisotopic (exact) mass is 803 g/mol. The number of hydrogen-bond donors (Lipinski definition) is 2. The van der Waals surface area contributed by atoms with Crippen molar-refractivity contribution in [1.29, 1.82) is 0 Å². The topological polar surface area (TPSA) is 164 Å². The summed E-state index contributed by atoms with van der Waals surface area (Å²) in [5.74, 6) is -2.32. The Morgan fingerprint density at radius 2 is 1.18 bits per heavy atom. The molecule has 0 unspecified atom stereocenters. The van der Waals surface area contributed by atoms with Crippen molar-refractivity contribution in [1.82, 2.24) is 19.5 Å². The van der Waals surface area contributed by atoms with Gasteiger partial charge >= 0.3 is 11.9 Å². The van der Waals surface area contributed by atoms with E-state index >= 15 is 0 Å². The minimum Gasteiger partial charge on any atom is -0.452 e. The summed E-state index contributed by atoms with van der Waals surface area (Å²) < 4.78 is 28.0. The number of benzene rings is 5. The lowest BCUT2D eigenvalue weighted by molar-refractivity contribution is -0.118. The number of aromatic nitrogens is 4. The first kappa shape index (κ1) is 39.6. The minimum atomic E-state index is -1.34. The maximum atomic E-state index is 14.0. The Morgan fingerprint density at radius 3 is 1.67 bits per heavy atom. The number of rotatable bonds is 13. The number of nitrogens with zero attached hydrogens (tertiary/aromatic N) is 3. The number of anilines is 1. The number of aromatic amines is 1. The summed E-state index contributed by atoms with van der Waals surface area (Å²) in [6.45, 7) is 3.21. The van der Waals surface area contributed by atoms with Gasteiger partial charge in [0.2, 0.25) is 11.9 Å². The number of amides is 1. The summed E-state index contributed by atoms with van der Waals surface area (Å²) in [4.78, 5) is 65.4. The summed E-state index contributed by atoms with van der Waals surface area (Å²) in [6.07, 6.45) is -3.66. The van der Waals surface area contributed by atoms with E-state index in [1.54, 1.807) is 74.5 Å². The molecule has 1 saturated heterocycles.